The van der Waals surface area contributed by atoms with Crippen LogP contribution in [0.2, 0.25) is 0 Å². The molecule has 0 fully saturated rings. The van der Waals surface area contributed by atoms with E-state index in [1.165, 1.54) is 6.07 Å². The van der Waals surface area contributed by atoms with E-state index in [4.69, 9.17) is 9.15 Å². The van der Waals surface area contributed by atoms with Gasteiger partial charge in [-0.2, -0.15) is 0 Å². The predicted molar refractivity (Wildman–Crippen MR) is 87.2 cm³/mol. The summed E-state index contributed by atoms with van der Waals surface area (Å²) in [5, 5.41) is 11.4. The van der Waals surface area contributed by atoms with Crippen molar-refractivity contribution in [3.05, 3.63) is 65.5 Å². The first-order valence-corrected chi connectivity index (χ1v) is 7.55. The second-order valence-electron chi connectivity index (χ2n) is 5.41. The van der Waals surface area contributed by atoms with E-state index < -0.39 is 0 Å². The molecule has 3 rings (SSSR count). The Hall–Kier alpha value is -2.75. The van der Waals surface area contributed by atoms with Crippen LogP contribution in [0.3, 0.4) is 0 Å². The summed E-state index contributed by atoms with van der Waals surface area (Å²) >= 11 is 0. The van der Waals surface area contributed by atoms with Crippen LogP contribution in [0.5, 0.6) is 11.5 Å². The Morgan fingerprint density at radius 2 is 1.87 bits per heavy atom. The molecule has 0 saturated heterocycles. The van der Waals surface area contributed by atoms with Gasteiger partial charge >= 0.3 is 0 Å². The van der Waals surface area contributed by atoms with E-state index in [0.717, 1.165) is 17.0 Å². The lowest BCUT2D eigenvalue weighted by molar-refractivity contribution is 0.316. The summed E-state index contributed by atoms with van der Waals surface area (Å²) in [5.74, 6) is 2.16. The molecule has 0 N–H and O–H groups in total. The molecule has 23 heavy (non-hydrogen) atoms. The van der Waals surface area contributed by atoms with Crippen LogP contribution in [-0.4, -0.2) is 11.6 Å². The van der Waals surface area contributed by atoms with E-state index in [9.17, 15) is 5.11 Å². The van der Waals surface area contributed by atoms with Crippen LogP contribution in [0.4, 0.5) is 0 Å². The fourth-order valence-electron chi connectivity index (χ4n) is 2.34. The molecule has 0 aliphatic heterocycles. The lowest BCUT2D eigenvalue weighted by atomic mass is 10.2. The first-order chi connectivity index (χ1) is 11.1. The van der Waals surface area contributed by atoms with Gasteiger partial charge < -0.3 is 9.15 Å². The SMILES string of the molecule is Cc1cc(OCCc2nc(-c3ccccc3)oc2C)ccc1[O]. The normalized spacial score (nSPS) is 10.7. The molecular formula is C19H18NO3. The molecule has 0 aliphatic carbocycles. The van der Waals surface area contributed by atoms with Crippen molar-refractivity contribution >= 4 is 0 Å². The van der Waals surface area contributed by atoms with Crippen molar-refractivity contribution in [3.63, 3.8) is 0 Å². The predicted octanol–water partition coefficient (Wildman–Crippen LogP) is 4.72. The van der Waals surface area contributed by atoms with Gasteiger partial charge in [0.05, 0.1) is 12.3 Å². The molecule has 4 heteroatoms. The lowest BCUT2D eigenvalue weighted by Crippen LogP contribution is -2.02. The zero-order chi connectivity index (χ0) is 16.2. The summed E-state index contributed by atoms with van der Waals surface area (Å²) in [6.45, 7) is 4.17. The standard InChI is InChI=1S/C19H18NO3/c1-13-12-16(8-9-18(13)21)22-11-10-17-14(2)23-19(20-17)15-6-4-3-5-7-15/h3-9,12H,10-11H2,1-2H3. The molecule has 0 unspecified atom stereocenters. The quantitative estimate of drug-likeness (QED) is 0.685. The summed E-state index contributed by atoms with van der Waals surface area (Å²) < 4.78 is 11.4. The molecule has 3 aromatic rings. The summed E-state index contributed by atoms with van der Waals surface area (Å²) in [5.41, 5.74) is 2.54. The van der Waals surface area contributed by atoms with Crippen molar-refractivity contribution in [2.24, 2.45) is 0 Å². The Morgan fingerprint density at radius 3 is 2.61 bits per heavy atom. The highest BCUT2D eigenvalue weighted by Gasteiger charge is 2.11. The van der Waals surface area contributed by atoms with Crippen molar-refractivity contribution in [2.45, 2.75) is 20.3 Å². The van der Waals surface area contributed by atoms with Crippen molar-refractivity contribution < 1.29 is 14.3 Å². The van der Waals surface area contributed by atoms with Gasteiger partial charge in [-0.3, -0.25) is 5.11 Å². The van der Waals surface area contributed by atoms with E-state index in [1.807, 2.05) is 37.3 Å². The largest absolute Gasteiger partial charge is 0.493 e. The number of ether oxygens (including phenoxy) is 1. The summed E-state index contributed by atoms with van der Waals surface area (Å²) in [4.78, 5) is 4.55. The van der Waals surface area contributed by atoms with Crippen LogP contribution in [0, 0.1) is 13.8 Å². The van der Waals surface area contributed by atoms with Crippen molar-refractivity contribution in [2.75, 3.05) is 6.61 Å². The monoisotopic (exact) mass is 308 g/mol. The number of benzene rings is 2. The van der Waals surface area contributed by atoms with Crippen LogP contribution in [-0.2, 0) is 11.5 Å². The maximum Gasteiger partial charge on any atom is 0.226 e. The van der Waals surface area contributed by atoms with Gasteiger partial charge in [-0.25, -0.2) is 4.98 Å². The fraction of sp³-hybridized carbons (Fsp3) is 0.211. The molecule has 117 valence electrons. The Morgan fingerprint density at radius 1 is 1.09 bits per heavy atom. The third kappa shape index (κ3) is 3.54. The van der Waals surface area contributed by atoms with E-state index in [0.29, 0.717) is 30.2 Å². The Balaban J connectivity index is 1.64. The van der Waals surface area contributed by atoms with Gasteiger partial charge in [-0.05, 0) is 44.2 Å². The minimum atomic E-state index is 0.0252. The number of oxazole rings is 1. The molecule has 1 heterocycles. The number of aromatic nitrogens is 1. The highest BCUT2D eigenvalue weighted by atomic mass is 16.5. The van der Waals surface area contributed by atoms with Crippen molar-refractivity contribution in [1.82, 2.24) is 4.98 Å². The number of hydrogen-bond acceptors (Lipinski definition) is 3. The molecule has 1 radical (unpaired) electrons. The number of nitrogens with zero attached hydrogens (tertiary/aromatic N) is 1. The molecule has 0 atom stereocenters. The molecule has 0 saturated carbocycles. The maximum absolute atomic E-state index is 11.4. The maximum atomic E-state index is 11.4. The van der Waals surface area contributed by atoms with Crippen molar-refractivity contribution in [3.8, 4) is 23.0 Å². The van der Waals surface area contributed by atoms with E-state index in [-0.39, 0.29) is 5.75 Å². The third-order valence-corrected chi connectivity index (χ3v) is 3.67. The Bertz CT molecular complexity index is 794. The minimum Gasteiger partial charge on any atom is -0.493 e. The van der Waals surface area contributed by atoms with Gasteiger partial charge in [0.25, 0.3) is 0 Å². The molecule has 0 amide bonds. The molecule has 2 aromatic carbocycles. The number of aryl methyl sites for hydroxylation is 2. The lowest BCUT2D eigenvalue weighted by Gasteiger charge is -2.06. The van der Waals surface area contributed by atoms with Gasteiger partial charge in [0.2, 0.25) is 5.89 Å². The highest BCUT2D eigenvalue weighted by Crippen LogP contribution is 2.24. The number of rotatable bonds is 5. The van der Waals surface area contributed by atoms with Crippen LogP contribution in [0.25, 0.3) is 11.5 Å². The van der Waals surface area contributed by atoms with Gasteiger partial charge in [0, 0.05) is 17.5 Å². The zero-order valence-electron chi connectivity index (χ0n) is 13.2. The molecule has 0 aliphatic rings. The van der Waals surface area contributed by atoms with Crippen LogP contribution < -0.4 is 4.74 Å². The van der Waals surface area contributed by atoms with Gasteiger partial charge in [0.1, 0.15) is 11.5 Å². The Kier molecular flexibility index (Phi) is 4.33. The molecule has 1 aromatic heterocycles. The van der Waals surface area contributed by atoms with Crippen molar-refractivity contribution in [1.29, 1.82) is 0 Å². The highest BCUT2D eigenvalue weighted by molar-refractivity contribution is 5.53. The van der Waals surface area contributed by atoms with Crippen LogP contribution in [0.1, 0.15) is 17.0 Å². The second-order valence-corrected chi connectivity index (χ2v) is 5.41. The number of hydrogen-bond donors (Lipinski definition) is 0. The molecule has 0 bridgehead atoms. The fourth-order valence-corrected chi connectivity index (χ4v) is 2.34. The van der Waals surface area contributed by atoms with Gasteiger partial charge in [-0.1, -0.05) is 18.2 Å². The molecule has 0 spiro atoms. The average Bonchev–Trinajstić information content (AvgIpc) is 2.93. The summed E-state index contributed by atoms with van der Waals surface area (Å²) in [6.07, 6.45) is 0.653. The zero-order valence-corrected chi connectivity index (χ0v) is 13.2. The van der Waals surface area contributed by atoms with E-state index >= 15 is 0 Å². The van der Waals surface area contributed by atoms with E-state index in [1.54, 1.807) is 19.1 Å². The average molecular weight is 308 g/mol. The minimum absolute atomic E-state index is 0.0252. The molecule has 4 nitrogen and oxygen atoms in total. The smallest absolute Gasteiger partial charge is 0.226 e. The Labute approximate surface area is 135 Å². The summed E-state index contributed by atoms with van der Waals surface area (Å²) in [6, 6.07) is 14.8. The first kappa shape index (κ1) is 15.2. The van der Waals surface area contributed by atoms with Crippen LogP contribution in [0.15, 0.2) is 52.9 Å². The third-order valence-electron chi connectivity index (χ3n) is 3.67. The second kappa shape index (κ2) is 6.57. The van der Waals surface area contributed by atoms with E-state index in [2.05, 4.69) is 4.98 Å². The first-order valence-electron chi connectivity index (χ1n) is 7.55. The van der Waals surface area contributed by atoms with Crippen LogP contribution >= 0.6 is 0 Å². The molecular weight excluding hydrogens is 290 g/mol. The van der Waals surface area contributed by atoms with Gasteiger partial charge in [-0.15, -0.1) is 0 Å². The van der Waals surface area contributed by atoms with Gasteiger partial charge in [0.15, 0.2) is 5.75 Å². The topological polar surface area (TPSA) is 55.2 Å². The summed E-state index contributed by atoms with van der Waals surface area (Å²) in [7, 11) is 0.